The Balaban J connectivity index is 1.45. The van der Waals surface area contributed by atoms with Gasteiger partial charge in [-0.1, -0.05) is 36.6 Å². The van der Waals surface area contributed by atoms with E-state index in [0.717, 1.165) is 33.6 Å². The van der Waals surface area contributed by atoms with Crippen molar-refractivity contribution in [2.75, 3.05) is 29.4 Å². The maximum absolute atomic E-state index is 14.0. The molecule has 2 aliphatic heterocycles. The molecule has 0 radical (unpaired) electrons. The van der Waals surface area contributed by atoms with Crippen molar-refractivity contribution >= 4 is 45.6 Å². The van der Waals surface area contributed by atoms with Crippen LogP contribution in [0.25, 0.3) is 5.57 Å². The highest BCUT2D eigenvalue weighted by molar-refractivity contribution is 7.99. The lowest BCUT2D eigenvalue weighted by molar-refractivity contribution is -0.132. The largest absolute Gasteiger partial charge is 0.369 e. The quantitative estimate of drug-likeness (QED) is 0.249. The van der Waals surface area contributed by atoms with E-state index in [1.165, 1.54) is 6.08 Å². The molecule has 2 saturated heterocycles. The summed E-state index contributed by atoms with van der Waals surface area (Å²) in [5, 5.41) is 9.75. The molecule has 4 rings (SSSR count). The molecule has 1 aromatic carbocycles. The maximum Gasteiger partial charge on any atom is 0.238 e. The Hall–Kier alpha value is -2.93. The van der Waals surface area contributed by atoms with Crippen molar-refractivity contribution in [1.29, 1.82) is 5.26 Å². The lowest BCUT2D eigenvalue weighted by Gasteiger charge is -2.53. The molecule has 37 heavy (non-hydrogen) atoms. The summed E-state index contributed by atoms with van der Waals surface area (Å²) >= 11 is 3.14. The Labute approximate surface area is 226 Å². The predicted molar refractivity (Wildman–Crippen MR) is 151 cm³/mol. The molecule has 0 unspecified atom stereocenters. The zero-order valence-electron chi connectivity index (χ0n) is 21.7. The lowest BCUT2D eigenvalue weighted by atomic mass is 9.72. The van der Waals surface area contributed by atoms with Crippen molar-refractivity contribution in [2.24, 2.45) is 5.41 Å². The fraction of sp³-hybridized carbons (Fsp3) is 0.393. The predicted octanol–water partition coefficient (Wildman–Crippen LogP) is 6.43. The number of nitrogens with one attached hydrogen (secondary N) is 1. The Morgan fingerprint density at radius 1 is 1.30 bits per heavy atom. The number of piperidine rings is 1. The molecule has 1 amide bonds. The van der Waals surface area contributed by atoms with Crippen molar-refractivity contribution in [3.63, 3.8) is 0 Å². The number of hydrogen-bond acceptors (Lipinski definition) is 7. The molecule has 0 bridgehead atoms. The van der Waals surface area contributed by atoms with E-state index in [1.54, 1.807) is 35.4 Å². The average molecular weight is 538 g/mol. The summed E-state index contributed by atoms with van der Waals surface area (Å²) in [7, 11) is 0. The van der Waals surface area contributed by atoms with Crippen LogP contribution in [-0.2, 0) is 4.79 Å². The number of aryl methyl sites for hydroxylation is 1. The summed E-state index contributed by atoms with van der Waals surface area (Å²) in [5.74, 6) is -0.470. The van der Waals surface area contributed by atoms with Crippen LogP contribution >= 0.6 is 23.3 Å². The third kappa shape index (κ3) is 5.82. The van der Waals surface area contributed by atoms with E-state index in [0.29, 0.717) is 25.2 Å². The monoisotopic (exact) mass is 537 g/mol. The van der Waals surface area contributed by atoms with Crippen LogP contribution in [0.1, 0.15) is 44.9 Å². The smallest absolute Gasteiger partial charge is 0.238 e. The van der Waals surface area contributed by atoms with Crippen LogP contribution in [0.3, 0.4) is 0 Å². The van der Waals surface area contributed by atoms with Crippen molar-refractivity contribution in [1.82, 2.24) is 9.71 Å². The van der Waals surface area contributed by atoms with Crippen LogP contribution in [0.4, 0.5) is 15.2 Å². The number of halogens is 1. The minimum atomic E-state index is -0.617. The van der Waals surface area contributed by atoms with E-state index in [2.05, 4.69) is 43.6 Å². The van der Waals surface area contributed by atoms with Gasteiger partial charge < -0.3 is 4.90 Å². The van der Waals surface area contributed by atoms with Crippen LogP contribution in [0.5, 0.6) is 0 Å². The van der Waals surface area contributed by atoms with Crippen molar-refractivity contribution in [3.05, 3.63) is 66.2 Å². The molecule has 2 fully saturated rings. The molecule has 2 aliphatic rings. The Morgan fingerprint density at radius 2 is 1.97 bits per heavy atom. The molecule has 2 aromatic rings. The van der Waals surface area contributed by atoms with Crippen LogP contribution in [0, 0.1) is 23.7 Å². The second-order valence-corrected chi connectivity index (χ2v) is 12.7. The summed E-state index contributed by atoms with van der Waals surface area (Å²) in [5.41, 5.74) is 2.50. The number of carbonyl (C=O) groups is 1. The molecule has 1 N–H and O–H groups in total. The molecule has 3 heterocycles. The van der Waals surface area contributed by atoms with Gasteiger partial charge in [-0.2, -0.15) is 5.26 Å². The minimum Gasteiger partial charge on any atom is -0.369 e. The van der Waals surface area contributed by atoms with Gasteiger partial charge in [0.2, 0.25) is 5.91 Å². The first-order chi connectivity index (χ1) is 17.4. The first-order valence-corrected chi connectivity index (χ1v) is 13.8. The summed E-state index contributed by atoms with van der Waals surface area (Å²) in [6.45, 7) is 17.3. The number of aromatic nitrogens is 1. The number of nitrogens with zero attached hydrogens (tertiary/aromatic N) is 4. The fourth-order valence-corrected chi connectivity index (χ4v) is 6.50. The van der Waals surface area contributed by atoms with Crippen LogP contribution in [0.2, 0.25) is 0 Å². The maximum atomic E-state index is 14.0. The lowest BCUT2D eigenvalue weighted by Crippen LogP contribution is -2.66. The van der Waals surface area contributed by atoms with Crippen LogP contribution < -0.4 is 14.5 Å². The zero-order chi connectivity index (χ0) is 27.0. The van der Waals surface area contributed by atoms with E-state index in [1.807, 2.05) is 30.0 Å². The van der Waals surface area contributed by atoms with Gasteiger partial charge in [0.05, 0.1) is 17.2 Å². The molecule has 1 spiro atoms. The third-order valence-electron chi connectivity index (χ3n) is 6.44. The average Bonchev–Trinajstić information content (AvgIpc) is 3.19. The van der Waals surface area contributed by atoms with E-state index >= 15 is 0 Å². The molecule has 9 heteroatoms. The van der Waals surface area contributed by atoms with E-state index in [-0.39, 0.29) is 22.6 Å². The number of carbonyl (C=O) groups excluding carboxylic acids is 1. The molecule has 0 atom stereocenters. The van der Waals surface area contributed by atoms with Crippen molar-refractivity contribution in [3.8, 4) is 6.07 Å². The number of benzene rings is 1. The topological polar surface area (TPSA) is 72.3 Å². The van der Waals surface area contributed by atoms with Gasteiger partial charge in [-0.25, -0.2) is 9.37 Å². The number of nitriles is 1. The van der Waals surface area contributed by atoms with Gasteiger partial charge >= 0.3 is 0 Å². The summed E-state index contributed by atoms with van der Waals surface area (Å²) in [6.07, 6.45) is 3.20. The fourth-order valence-electron chi connectivity index (χ4n) is 4.57. The van der Waals surface area contributed by atoms with Crippen molar-refractivity contribution < 1.29 is 9.18 Å². The highest BCUT2D eigenvalue weighted by Gasteiger charge is 2.53. The van der Waals surface area contributed by atoms with Gasteiger partial charge in [-0.05, 0) is 76.3 Å². The van der Waals surface area contributed by atoms with Gasteiger partial charge in [0.1, 0.15) is 10.0 Å². The molecular formula is C28H32FN5OS2. The Kier molecular flexibility index (Phi) is 7.65. The second kappa shape index (κ2) is 10.4. The number of amides is 1. The van der Waals surface area contributed by atoms with Gasteiger partial charge in [-0.15, -0.1) is 0 Å². The number of allylic oxidation sites excluding steroid dienone is 4. The second-order valence-electron chi connectivity index (χ2n) is 10.7. The minimum absolute atomic E-state index is 0.0250. The molecule has 1 aromatic heterocycles. The van der Waals surface area contributed by atoms with E-state index < -0.39 is 11.2 Å². The summed E-state index contributed by atoms with van der Waals surface area (Å²) < 4.78 is 18.5. The molecular weight excluding hydrogens is 505 g/mol. The number of hydrogen-bond donors (Lipinski definition) is 1. The summed E-state index contributed by atoms with van der Waals surface area (Å²) in [4.78, 5) is 22.4. The Morgan fingerprint density at radius 3 is 2.57 bits per heavy atom. The third-order valence-corrected chi connectivity index (χ3v) is 9.11. The standard InChI is InChI=1S/C28H32FN5OS2/c1-18(15-30)14-23(19(2)29)21-8-10-22(11-9-21)33-16-28(17-33)12-7-13-34(25(28)35)26-31-20(3)24(36-26)37-32-27(4,5)6/h8-11,14,32H,1-2,7,12-13,16-17H2,3-6H3/b23-14+. The highest BCUT2D eigenvalue weighted by atomic mass is 32.2. The SMILES string of the molecule is C=C(C#N)/C=C(\C(=C)F)c1ccc(N2CC3(CCCN(c4nc(C)c(SNC(C)(C)C)s4)C3=O)C2)cc1. The van der Waals surface area contributed by atoms with Crippen LogP contribution in [-0.4, -0.2) is 36.1 Å². The van der Waals surface area contributed by atoms with E-state index in [9.17, 15) is 9.18 Å². The van der Waals surface area contributed by atoms with Crippen LogP contribution in [0.15, 0.2) is 59.1 Å². The first-order valence-electron chi connectivity index (χ1n) is 12.2. The number of thiazole rings is 1. The summed E-state index contributed by atoms with van der Waals surface area (Å²) in [6, 6.07) is 9.34. The van der Waals surface area contributed by atoms with E-state index in [4.69, 9.17) is 10.2 Å². The highest BCUT2D eigenvalue weighted by Crippen LogP contribution is 2.45. The normalized spacial score (nSPS) is 17.5. The molecule has 6 nitrogen and oxygen atoms in total. The van der Waals surface area contributed by atoms with Gasteiger partial charge in [0.15, 0.2) is 5.13 Å². The van der Waals surface area contributed by atoms with Gasteiger partial charge in [0, 0.05) is 42.0 Å². The first kappa shape index (κ1) is 27.1. The molecule has 0 saturated carbocycles. The zero-order valence-corrected chi connectivity index (χ0v) is 23.4. The van der Waals surface area contributed by atoms with Crippen molar-refractivity contribution in [2.45, 2.75) is 50.3 Å². The van der Waals surface area contributed by atoms with Gasteiger partial charge in [0.25, 0.3) is 0 Å². The number of rotatable bonds is 7. The Bertz CT molecular complexity index is 1290. The number of anilines is 2. The van der Waals surface area contributed by atoms with Gasteiger partial charge in [-0.3, -0.25) is 14.4 Å². The molecule has 0 aliphatic carbocycles. The molecule has 194 valence electrons.